The van der Waals surface area contributed by atoms with E-state index in [0.717, 1.165) is 25.0 Å². The van der Waals surface area contributed by atoms with Crippen LogP contribution < -0.4 is 5.32 Å². The number of nitrogens with one attached hydrogen (secondary N) is 1. The van der Waals surface area contributed by atoms with Gasteiger partial charge in [0, 0.05) is 30.7 Å². The zero-order chi connectivity index (χ0) is 14.9. The number of hydrogen-bond donors (Lipinski definition) is 1. The van der Waals surface area contributed by atoms with Gasteiger partial charge in [-0.2, -0.15) is 0 Å². The van der Waals surface area contributed by atoms with Gasteiger partial charge in [-0.05, 0) is 38.2 Å². The van der Waals surface area contributed by atoms with Crippen molar-refractivity contribution in [1.82, 2.24) is 10.2 Å². The second-order valence-electron chi connectivity index (χ2n) is 7.60. The highest BCUT2D eigenvalue weighted by Crippen LogP contribution is 2.38. The predicted molar refractivity (Wildman–Crippen MR) is 89.4 cm³/mol. The first-order valence-electron chi connectivity index (χ1n) is 8.65. The number of piperazine rings is 1. The van der Waals surface area contributed by atoms with Gasteiger partial charge in [0.25, 0.3) is 0 Å². The maximum absolute atomic E-state index is 3.74. The van der Waals surface area contributed by atoms with Crippen molar-refractivity contribution in [3.63, 3.8) is 0 Å². The fourth-order valence-corrected chi connectivity index (χ4v) is 3.76. The van der Waals surface area contributed by atoms with Gasteiger partial charge in [0.05, 0.1) is 0 Å². The standard InChI is InChI=1S/C19H30N2/c1-4-17(12-15-10-11-15)21-14-19(2,3)20-13-18(21)16-8-6-5-7-9-16/h5-9,15,17-18,20H,4,10-14H2,1-3H3. The Bertz CT molecular complexity index is 450. The molecule has 2 aliphatic rings. The fraction of sp³-hybridized carbons (Fsp3) is 0.684. The highest BCUT2D eigenvalue weighted by atomic mass is 15.3. The van der Waals surface area contributed by atoms with Crippen LogP contribution in [0.2, 0.25) is 0 Å². The molecule has 1 heterocycles. The number of nitrogens with zero attached hydrogens (tertiary/aromatic N) is 1. The Hall–Kier alpha value is -0.860. The lowest BCUT2D eigenvalue weighted by atomic mass is 9.91. The van der Waals surface area contributed by atoms with Crippen molar-refractivity contribution in [3.05, 3.63) is 35.9 Å². The molecule has 0 aromatic heterocycles. The van der Waals surface area contributed by atoms with E-state index >= 15 is 0 Å². The lowest BCUT2D eigenvalue weighted by Crippen LogP contribution is -2.60. The van der Waals surface area contributed by atoms with Gasteiger partial charge in [-0.1, -0.05) is 50.1 Å². The molecule has 1 aliphatic heterocycles. The number of benzene rings is 1. The molecule has 2 unspecified atom stereocenters. The van der Waals surface area contributed by atoms with Crippen molar-refractivity contribution in [3.8, 4) is 0 Å². The van der Waals surface area contributed by atoms with E-state index < -0.39 is 0 Å². The average molecular weight is 286 g/mol. The van der Waals surface area contributed by atoms with Gasteiger partial charge in [-0.15, -0.1) is 0 Å². The summed E-state index contributed by atoms with van der Waals surface area (Å²) in [7, 11) is 0. The summed E-state index contributed by atoms with van der Waals surface area (Å²) in [5.74, 6) is 1.00. The molecule has 2 atom stereocenters. The first kappa shape index (κ1) is 15.1. The molecule has 3 rings (SSSR count). The van der Waals surface area contributed by atoms with Gasteiger partial charge in [-0.25, -0.2) is 0 Å². The van der Waals surface area contributed by atoms with Gasteiger partial charge >= 0.3 is 0 Å². The van der Waals surface area contributed by atoms with Gasteiger partial charge in [0.1, 0.15) is 0 Å². The monoisotopic (exact) mass is 286 g/mol. The van der Waals surface area contributed by atoms with Crippen LogP contribution in [0.15, 0.2) is 30.3 Å². The second-order valence-corrected chi connectivity index (χ2v) is 7.60. The molecule has 1 saturated carbocycles. The maximum Gasteiger partial charge on any atom is 0.0476 e. The quantitative estimate of drug-likeness (QED) is 0.880. The summed E-state index contributed by atoms with van der Waals surface area (Å²) in [5, 5.41) is 3.74. The highest BCUT2D eigenvalue weighted by Gasteiger charge is 2.38. The normalized spacial score (nSPS) is 27.5. The van der Waals surface area contributed by atoms with Crippen LogP contribution in [0.5, 0.6) is 0 Å². The van der Waals surface area contributed by atoms with E-state index in [-0.39, 0.29) is 5.54 Å². The highest BCUT2D eigenvalue weighted by molar-refractivity contribution is 5.21. The molecule has 1 aliphatic carbocycles. The molecule has 0 amide bonds. The third-order valence-corrected chi connectivity index (χ3v) is 5.18. The molecule has 0 spiro atoms. The van der Waals surface area contributed by atoms with E-state index in [4.69, 9.17) is 0 Å². The topological polar surface area (TPSA) is 15.3 Å². The number of hydrogen-bond acceptors (Lipinski definition) is 2. The van der Waals surface area contributed by atoms with Gasteiger partial charge in [0.2, 0.25) is 0 Å². The minimum absolute atomic E-state index is 0.224. The van der Waals surface area contributed by atoms with Crippen LogP contribution in [0.1, 0.15) is 58.1 Å². The molecule has 1 aromatic carbocycles. The first-order chi connectivity index (χ1) is 10.1. The van der Waals surface area contributed by atoms with E-state index in [1.807, 2.05) is 0 Å². The molecule has 1 saturated heterocycles. The summed E-state index contributed by atoms with van der Waals surface area (Å²) in [6.07, 6.45) is 5.59. The lowest BCUT2D eigenvalue weighted by Gasteiger charge is -2.48. The third-order valence-electron chi connectivity index (χ3n) is 5.18. The SMILES string of the molecule is CCC(CC1CC1)N1CC(C)(C)NCC1c1ccccc1. The predicted octanol–water partition coefficient (Wildman–Crippen LogP) is 3.99. The van der Waals surface area contributed by atoms with Crippen molar-refractivity contribution in [2.24, 2.45) is 5.92 Å². The minimum atomic E-state index is 0.224. The summed E-state index contributed by atoms with van der Waals surface area (Å²) in [4.78, 5) is 2.80. The van der Waals surface area contributed by atoms with Gasteiger partial charge < -0.3 is 5.32 Å². The van der Waals surface area contributed by atoms with Crippen LogP contribution in [-0.2, 0) is 0 Å². The molecule has 1 aromatic rings. The Kier molecular flexibility index (Phi) is 4.37. The van der Waals surface area contributed by atoms with E-state index in [1.165, 1.54) is 31.2 Å². The third kappa shape index (κ3) is 3.67. The second kappa shape index (κ2) is 6.10. The summed E-state index contributed by atoms with van der Waals surface area (Å²) < 4.78 is 0. The van der Waals surface area contributed by atoms with Crippen molar-refractivity contribution in [2.75, 3.05) is 13.1 Å². The van der Waals surface area contributed by atoms with Gasteiger partial charge in [0.15, 0.2) is 0 Å². The molecule has 2 nitrogen and oxygen atoms in total. The minimum Gasteiger partial charge on any atom is -0.309 e. The Labute approximate surface area is 129 Å². The van der Waals surface area contributed by atoms with Crippen molar-refractivity contribution in [1.29, 1.82) is 0 Å². The molecular formula is C19H30N2. The van der Waals surface area contributed by atoms with E-state index in [0.29, 0.717) is 6.04 Å². The van der Waals surface area contributed by atoms with Crippen molar-refractivity contribution < 1.29 is 0 Å². The molecule has 0 bridgehead atoms. The lowest BCUT2D eigenvalue weighted by molar-refractivity contribution is 0.0453. The van der Waals surface area contributed by atoms with Gasteiger partial charge in [-0.3, -0.25) is 4.90 Å². The van der Waals surface area contributed by atoms with E-state index in [1.54, 1.807) is 0 Å². The zero-order valence-corrected chi connectivity index (χ0v) is 13.8. The van der Waals surface area contributed by atoms with E-state index in [2.05, 4.69) is 61.3 Å². The largest absolute Gasteiger partial charge is 0.309 e. The first-order valence-corrected chi connectivity index (χ1v) is 8.65. The maximum atomic E-state index is 3.74. The van der Waals surface area contributed by atoms with Crippen molar-refractivity contribution in [2.45, 2.75) is 64.1 Å². The zero-order valence-electron chi connectivity index (χ0n) is 13.8. The Balaban J connectivity index is 1.82. The molecule has 2 fully saturated rings. The molecular weight excluding hydrogens is 256 g/mol. The van der Waals surface area contributed by atoms with E-state index in [9.17, 15) is 0 Å². The number of rotatable bonds is 5. The Morgan fingerprint density at radius 2 is 1.95 bits per heavy atom. The summed E-state index contributed by atoms with van der Waals surface area (Å²) >= 11 is 0. The fourth-order valence-electron chi connectivity index (χ4n) is 3.76. The summed E-state index contributed by atoms with van der Waals surface area (Å²) in [6.45, 7) is 9.26. The van der Waals surface area contributed by atoms with Crippen LogP contribution in [-0.4, -0.2) is 29.6 Å². The smallest absolute Gasteiger partial charge is 0.0476 e. The molecule has 21 heavy (non-hydrogen) atoms. The Morgan fingerprint density at radius 3 is 2.57 bits per heavy atom. The van der Waals surface area contributed by atoms with Crippen LogP contribution in [0.4, 0.5) is 0 Å². The van der Waals surface area contributed by atoms with Crippen LogP contribution in [0.3, 0.4) is 0 Å². The molecule has 116 valence electrons. The molecule has 2 heteroatoms. The van der Waals surface area contributed by atoms with Crippen LogP contribution in [0, 0.1) is 5.92 Å². The average Bonchev–Trinajstić information content (AvgIpc) is 3.29. The van der Waals surface area contributed by atoms with Crippen LogP contribution in [0.25, 0.3) is 0 Å². The van der Waals surface area contributed by atoms with Crippen molar-refractivity contribution >= 4 is 0 Å². The Morgan fingerprint density at radius 1 is 1.24 bits per heavy atom. The molecule has 1 N–H and O–H groups in total. The molecule has 0 radical (unpaired) electrons. The summed E-state index contributed by atoms with van der Waals surface area (Å²) in [6, 6.07) is 12.3. The summed E-state index contributed by atoms with van der Waals surface area (Å²) in [5.41, 5.74) is 1.69. The van der Waals surface area contributed by atoms with Crippen LogP contribution >= 0.6 is 0 Å².